The van der Waals surface area contributed by atoms with Crippen molar-refractivity contribution in [3.63, 3.8) is 0 Å². The molecule has 0 spiro atoms. The molecule has 0 aliphatic heterocycles. The van der Waals surface area contributed by atoms with E-state index in [0.29, 0.717) is 46.0 Å². The van der Waals surface area contributed by atoms with Gasteiger partial charge in [-0.3, -0.25) is 9.59 Å². The van der Waals surface area contributed by atoms with Crippen molar-refractivity contribution in [1.29, 1.82) is 0 Å². The summed E-state index contributed by atoms with van der Waals surface area (Å²) in [6.07, 6.45) is 0.784. The number of amides is 2. The second-order valence-electron chi connectivity index (χ2n) is 8.37. The fourth-order valence-electron chi connectivity index (χ4n) is 3.56. The van der Waals surface area contributed by atoms with Crippen LogP contribution in [0.2, 0.25) is 0 Å². The van der Waals surface area contributed by atoms with Crippen LogP contribution in [0.4, 0.5) is 0 Å². The van der Waals surface area contributed by atoms with E-state index in [1.807, 2.05) is 81.4 Å². The van der Waals surface area contributed by atoms with Gasteiger partial charge in [-0.1, -0.05) is 81.4 Å². The molecular weight excluding hydrogens is 431 g/mol. The predicted octanol–water partition coefficient (Wildman–Crippen LogP) is 3.85. The maximum absolute atomic E-state index is 14.9. The second kappa shape index (κ2) is 11.1. The molecule has 6 heteroatoms. The average Bonchev–Trinajstić information content (AvgIpc) is 2.86. The fraction of sp³-hybridized carbons (Fsp3) is 0.259. The summed E-state index contributed by atoms with van der Waals surface area (Å²) in [5.41, 5.74) is 0.699. The summed E-state index contributed by atoms with van der Waals surface area (Å²) in [5.74, 6) is -0.251. The Morgan fingerprint density at radius 3 is 1.91 bits per heavy atom. The van der Waals surface area contributed by atoms with Crippen LogP contribution in [0.3, 0.4) is 0 Å². The Labute approximate surface area is 196 Å². The lowest BCUT2D eigenvalue weighted by molar-refractivity contribution is 0.0940. The van der Waals surface area contributed by atoms with Gasteiger partial charge in [-0.2, -0.15) is 0 Å². The standard InChI is InChI=1S/C27H31N2O3P/c1-4-17-28-27(31)24-16-15-21(26(30)29-19-20(2)3)18-25(24)33(32,22-11-7-5-8-12-22)23-13-9-6-10-14-23/h5-16,18,20H,4,17,19H2,1-3H3,(H,28,31)(H,29,30). The summed E-state index contributed by atoms with van der Waals surface area (Å²) in [6, 6.07) is 23.2. The van der Waals surface area contributed by atoms with Crippen molar-refractivity contribution in [2.45, 2.75) is 27.2 Å². The summed E-state index contributed by atoms with van der Waals surface area (Å²) in [6.45, 7) is 7.05. The van der Waals surface area contributed by atoms with E-state index in [1.165, 1.54) is 0 Å². The molecule has 0 saturated carbocycles. The highest BCUT2D eigenvalue weighted by Gasteiger charge is 2.34. The number of hydrogen-bond acceptors (Lipinski definition) is 3. The highest BCUT2D eigenvalue weighted by molar-refractivity contribution is 7.85. The Hall–Kier alpha value is -3.17. The summed E-state index contributed by atoms with van der Waals surface area (Å²) < 4.78 is 14.9. The largest absolute Gasteiger partial charge is 0.352 e. The van der Waals surface area contributed by atoms with E-state index in [4.69, 9.17) is 0 Å². The van der Waals surface area contributed by atoms with Crippen LogP contribution in [0.1, 0.15) is 47.9 Å². The Kier molecular flexibility index (Phi) is 8.24. The summed E-state index contributed by atoms with van der Waals surface area (Å²) in [4.78, 5) is 26.0. The Bertz CT molecular complexity index is 1100. The smallest absolute Gasteiger partial charge is 0.252 e. The van der Waals surface area contributed by atoms with Gasteiger partial charge in [-0.15, -0.1) is 0 Å². The lowest BCUT2D eigenvalue weighted by Gasteiger charge is -2.23. The number of benzene rings is 3. The Morgan fingerprint density at radius 2 is 1.39 bits per heavy atom. The van der Waals surface area contributed by atoms with Crippen LogP contribution >= 0.6 is 7.14 Å². The van der Waals surface area contributed by atoms with E-state index in [1.54, 1.807) is 18.2 Å². The van der Waals surface area contributed by atoms with Crippen molar-refractivity contribution in [3.8, 4) is 0 Å². The van der Waals surface area contributed by atoms with Gasteiger partial charge >= 0.3 is 0 Å². The molecule has 0 aliphatic carbocycles. The van der Waals surface area contributed by atoms with Crippen molar-refractivity contribution >= 4 is 34.9 Å². The first kappa shape index (κ1) is 24.5. The minimum Gasteiger partial charge on any atom is -0.352 e. The highest BCUT2D eigenvalue weighted by Crippen LogP contribution is 2.43. The maximum atomic E-state index is 14.9. The molecule has 2 amide bonds. The summed E-state index contributed by atoms with van der Waals surface area (Å²) in [5, 5.41) is 7.39. The zero-order valence-electron chi connectivity index (χ0n) is 19.4. The van der Waals surface area contributed by atoms with Crippen molar-refractivity contribution in [3.05, 3.63) is 90.0 Å². The van der Waals surface area contributed by atoms with Crippen LogP contribution in [0.5, 0.6) is 0 Å². The van der Waals surface area contributed by atoms with Gasteiger partial charge < -0.3 is 15.2 Å². The first-order valence-electron chi connectivity index (χ1n) is 11.3. The number of nitrogens with one attached hydrogen (secondary N) is 2. The monoisotopic (exact) mass is 462 g/mol. The van der Waals surface area contributed by atoms with Gasteiger partial charge in [0.2, 0.25) is 0 Å². The van der Waals surface area contributed by atoms with E-state index < -0.39 is 7.14 Å². The van der Waals surface area contributed by atoms with Crippen LogP contribution in [0.25, 0.3) is 0 Å². The summed E-state index contributed by atoms with van der Waals surface area (Å²) in [7, 11) is -3.45. The van der Waals surface area contributed by atoms with E-state index in [2.05, 4.69) is 10.6 Å². The molecule has 172 valence electrons. The highest BCUT2D eigenvalue weighted by atomic mass is 31.2. The SMILES string of the molecule is CCCNC(=O)c1ccc(C(=O)NCC(C)C)cc1P(=O)(c1ccccc1)c1ccccc1. The van der Waals surface area contributed by atoms with E-state index in [0.717, 1.165) is 6.42 Å². The fourth-order valence-corrected chi connectivity index (χ4v) is 6.44. The van der Waals surface area contributed by atoms with Crippen LogP contribution in [0, 0.1) is 5.92 Å². The Balaban J connectivity index is 2.24. The summed E-state index contributed by atoms with van der Waals surface area (Å²) >= 11 is 0. The van der Waals surface area contributed by atoms with Crippen molar-refractivity contribution in [2.24, 2.45) is 5.92 Å². The molecule has 2 N–H and O–H groups in total. The zero-order valence-corrected chi connectivity index (χ0v) is 20.3. The van der Waals surface area contributed by atoms with Gasteiger partial charge in [0.05, 0.1) is 5.56 Å². The molecule has 3 aromatic carbocycles. The van der Waals surface area contributed by atoms with Crippen molar-refractivity contribution in [2.75, 3.05) is 13.1 Å². The van der Waals surface area contributed by atoms with Gasteiger partial charge in [0.15, 0.2) is 7.14 Å². The van der Waals surface area contributed by atoms with Gasteiger partial charge in [0.25, 0.3) is 11.8 Å². The third-order valence-corrected chi connectivity index (χ3v) is 8.39. The number of carbonyl (C=O) groups excluding carboxylic acids is 2. The molecule has 3 rings (SSSR count). The molecule has 0 heterocycles. The van der Waals surface area contributed by atoms with Crippen molar-refractivity contribution < 1.29 is 14.2 Å². The Morgan fingerprint density at radius 1 is 0.818 bits per heavy atom. The van der Waals surface area contributed by atoms with Crippen molar-refractivity contribution in [1.82, 2.24) is 10.6 Å². The number of rotatable bonds is 9. The van der Waals surface area contributed by atoms with E-state index in [9.17, 15) is 14.2 Å². The molecule has 0 radical (unpaired) electrons. The molecule has 33 heavy (non-hydrogen) atoms. The third kappa shape index (κ3) is 5.61. The molecule has 3 aromatic rings. The van der Waals surface area contributed by atoms with Crippen LogP contribution in [0.15, 0.2) is 78.9 Å². The average molecular weight is 463 g/mol. The second-order valence-corrected chi connectivity index (χ2v) is 11.1. The quantitative estimate of drug-likeness (QED) is 0.475. The first-order valence-corrected chi connectivity index (χ1v) is 13.0. The molecule has 0 aromatic heterocycles. The molecule has 5 nitrogen and oxygen atoms in total. The van der Waals surface area contributed by atoms with Gasteiger partial charge in [-0.25, -0.2) is 0 Å². The normalized spacial score (nSPS) is 11.3. The molecule has 0 aliphatic rings. The maximum Gasteiger partial charge on any atom is 0.252 e. The number of hydrogen-bond donors (Lipinski definition) is 2. The molecule has 0 atom stereocenters. The lowest BCUT2D eigenvalue weighted by atomic mass is 10.1. The molecule has 0 saturated heterocycles. The van der Waals surface area contributed by atoms with E-state index >= 15 is 0 Å². The topological polar surface area (TPSA) is 75.3 Å². The van der Waals surface area contributed by atoms with Gasteiger partial charge in [0, 0.05) is 34.6 Å². The third-order valence-electron chi connectivity index (χ3n) is 5.29. The number of carbonyl (C=O) groups is 2. The van der Waals surface area contributed by atoms with Gasteiger partial charge in [-0.05, 0) is 30.5 Å². The van der Waals surface area contributed by atoms with Gasteiger partial charge in [0.1, 0.15) is 0 Å². The zero-order chi connectivity index (χ0) is 23.8. The van der Waals surface area contributed by atoms with Crippen LogP contribution in [-0.2, 0) is 4.57 Å². The van der Waals surface area contributed by atoms with E-state index in [-0.39, 0.29) is 11.8 Å². The van der Waals surface area contributed by atoms with Crippen LogP contribution < -0.4 is 26.5 Å². The molecule has 0 fully saturated rings. The minimum absolute atomic E-state index is 0.252. The molecule has 0 unspecified atom stereocenters. The predicted molar refractivity (Wildman–Crippen MR) is 136 cm³/mol. The first-order chi connectivity index (χ1) is 15.9. The van der Waals surface area contributed by atoms with Crippen LogP contribution in [-0.4, -0.2) is 24.9 Å². The lowest BCUT2D eigenvalue weighted by Crippen LogP contribution is -2.35. The minimum atomic E-state index is -3.45. The molecular formula is C27H31N2O3P. The molecule has 0 bridgehead atoms.